The van der Waals surface area contributed by atoms with Gasteiger partial charge < -0.3 is 20.1 Å². The molecule has 9 nitrogen and oxygen atoms in total. The smallest absolute Gasteiger partial charge is 0.418 e. The van der Waals surface area contributed by atoms with E-state index in [0.717, 1.165) is 12.1 Å². The maximum Gasteiger partial charge on any atom is 0.418 e. The van der Waals surface area contributed by atoms with Gasteiger partial charge in [0.25, 0.3) is 5.91 Å². The SMILES string of the molecule is CCOc1cc(/C=N\NC(=O)C(=O)Nc2cccc(Cl)c2Cl)ccc1OCC(=O)Nc1ccc(Br)cc1C(F)(F)F. The maximum absolute atomic E-state index is 13.3. The van der Waals surface area contributed by atoms with Gasteiger partial charge in [-0.25, -0.2) is 5.43 Å². The van der Waals surface area contributed by atoms with Crippen molar-refractivity contribution in [3.63, 3.8) is 0 Å². The molecule has 0 aliphatic rings. The predicted molar refractivity (Wildman–Crippen MR) is 152 cm³/mol. The number of carbonyl (C=O) groups excluding carboxylic acids is 3. The van der Waals surface area contributed by atoms with Gasteiger partial charge in [0.05, 0.1) is 39.8 Å². The predicted octanol–water partition coefficient (Wildman–Crippen LogP) is 6.28. The fraction of sp³-hybridized carbons (Fsp3) is 0.154. The number of alkyl halides is 3. The van der Waals surface area contributed by atoms with Crippen LogP contribution in [0.4, 0.5) is 24.5 Å². The minimum atomic E-state index is -4.68. The summed E-state index contributed by atoms with van der Waals surface area (Å²) in [5.41, 5.74) is 1.20. The molecule has 0 fully saturated rings. The Hall–Kier alpha value is -3.81. The molecule has 216 valence electrons. The van der Waals surface area contributed by atoms with E-state index in [0.29, 0.717) is 5.56 Å². The van der Waals surface area contributed by atoms with Gasteiger partial charge in [-0.05, 0) is 61.0 Å². The first-order chi connectivity index (χ1) is 19.4. The number of hydrazone groups is 1. The molecule has 0 bridgehead atoms. The first-order valence-electron chi connectivity index (χ1n) is 11.5. The van der Waals surface area contributed by atoms with E-state index < -0.39 is 41.8 Å². The lowest BCUT2D eigenvalue weighted by molar-refractivity contribution is -0.137. The monoisotopic (exact) mass is 674 g/mol. The van der Waals surface area contributed by atoms with Crippen LogP contribution < -0.4 is 25.5 Å². The molecule has 3 N–H and O–H groups in total. The molecule has 3 amide bonds. The molecule has 0 spiro atoms. The zero-order valence-electron chi connectivity index (χ0n) is 20.9. The van der Waals surface area contributed by atoms with Gasteiger partial charge in [0.15, 0.2) is 18.1 Å². The molecule has 15 heteroatoms. The zero-order chi connectivity index (χ0) is 30.2. The topological polar surface area (TPSA) is 118 Å². The first-order valence-corrected chi connectivity index (χ1v) is 13.1. The summed E-state index contributed by atoms with van der Waals surface area (Å²) in [7, 11) is 0. The van der Waals surface area contributed by atoms with E-state index in [4.69, 9.17) is 32.7 Å². The Kier molecular flexibility index (Phi) is 11.0. The Morgan fingerprint density at radius 3 is 2.41 bits per heavy atom. The van der Waals surface area contributed by atoms with Crippen molar-refractivity contribution < 1.29 is 37.0 Å². The molecule has 0 radical (unpaired) electrons. The lowest BCUT2D eigenvalue weighted by Crippen LogP contribution is -2.32. The largest absolute Gasteiger partial charge is 0.490 e. The zero-order valence-corrected chi connectivity index (χ0v) is 24.0. The van der Waals surface area contributed by atoms with E-state index in [1.54, 1.807) is 13.0 Å². The van der Waals surface area contributed by atoms with Gasteiger partial charge >= 0.3 is 18.0 Å². The molecule has 0 aliphatic carbocycles. The van der Waals surface area contributed by atoms with Gasteiger partial charge in [-0.3, -0.25) is 14.4 Å². The fourth-order valence-corrected chi connectivity index (χ4v) is 3.89. The lowest BCUT2D eigenvalue weighted by Gasteiger charge is -2.15. The number of amides is 3. The summed E-state index contributed by atoms with van der Waals surface area (Å²) < 4.78 is 51.1. The number of nitrogens with zero attached hydrogens (tertiary/aromatic N) is 1. The van der Waals surface area contributed by atoms with Crippen LogP contribution in [0.15, 0.2) is 64.2 Å². The number of hydrogen-bond acceptors (Lipinski definition) is 6. The molecule has 3 aromatic carbocycles. The number of anilines is 2. The Morgan fingerprint density at radius 2 is 1.71 bits per heavy atom. The molecule has 0 heterocycles. The number of rotatable bonds is 9. The van der Waals surface area contributed by atoms with Gasteiger partial charge in [-0.15, -0.1) is 0 Å². The van der Waals surface area contributed by atoms with Crippen molar-refractivity contribution >= 4 is 74.4 Å². The number of hydrogen-bond donors (Lipinski definition) is 3. The second-order valence-corrected chi connectivity index (χ2v) is 9.62. The quantitative estimate of drug-likeness (QED) is 0.140. The van der Waals surface area contributed by atoms with Crippen LogP contribution in [0.25, 0.3) is 0 Å². The van der Waals surface area contributed by atoms with E-state index in [2.05, 4.69) is 37.1 Å². The number of ether oxygens (including phenoxy) is 2. The second kappa shape index (κ2) is 14.2. The van der Waals surface area contributed by atoms with Gasteiger partial charge in [-0.1, -0.05) is 45.2 Å². The summed E-state index contributed by atoms with van der Waals surface area (Å²) in [5.74, 6) is -2.61. The molecule has 0 aromatic heterocycles. The van der Waals surface area contributed by atoms with Crippen LogP contribution in [0.5, 0.6) is 11.5 Å². The summed E-state index contributed by atoms with van der Waals surface area (Å²) >= 11 is 14.9. The maximum atomic E-state index is 13.3. The Balaban J connectivity index is 1.61. The summed E-state index contributed by atoms with van der Waals surface area (Å²) in [6, 6.07) is 12.3. The Labute approximate surface area is 250 Å². The van der Waals surface area contributed by atoms with E-state index >= 15 is 0 Å². The molecule has 0 atom stereocenters. The highest BCUT2D eigenvalue weighted by Gasteiger charge is 2.34. The van der Waals surface area contributed by atoms with Crippen molar-refractivity contribution in [3.05, 3.63) is 80.2 Å². The van der Waals surface area contributed by atoms with Crippen LogP contribution >= 0.6 is 39.1 Å². The summed E-state index contributed by atoms with van der Waals surface area (Å²) in [6.45, 7) is 1.32. The number of halogens is 6. The molecule has 41 heavy (non-hydrogen) atoms. The Bertz CT molecular complexity index is 1490. The third kappa shape index (κ3) is 9.10. The highest BCUT2D eigenvalue weighted by Crippen LogP contribution is 2.36. The van der Waals surface area contributed by atoms with Crippen LogP contribution in [0.1, 0.15) is 18.1 Å². The van der Waals surface area contributed by atoms with Crippen LogP contribution in [-0.4, -0.2) is 37.1 Å². The second-order valence-electron chi connectivity index (χ2n) is 7.92. The van der Waals surface area contributed by atoms with Gasteiger partial charge in [0.2, 0.25) is 0 Å². The van der Waals surface area contributed by atoms with Crippen LogP contribution in [0.3, 0.4) is 0 Å². The van der Waals surface area contributed by atoms with Gasteiger partial charge in [0, 0.05) is 4.47 Å². The van der Waals surface area contributed by atoms with Crippen molar-refractivity contribution in [1.82, 2.24) is 5.43 Å². The molecule has 0 saturated carbocycles. The van der Waals surface area contributed by atoms with E-state index in [-0.39, 0.29) is 38.3 Å². The molecule has 0 aliphatic heterocycles. The fourth-order valence-electron chi connectivity index (χ4n) is 3.18. The number of nitrogens with one attached hydrogen (secondary N) is 3. The highest BCUT2D eigenvalue weighted by atomic mass is 79.9. The van der Waals surface area contributed by atoms with Gasteiger partial charge in [-0.2, -0.15) is 18.3 Å². The minimum absolute atomic E-state index is 0.0708. The third-order valence-corrected chi connectivity index (χ3v) is 6.29. The van der Waals surface area contributed by atoms with Crippen LogP contribution in [-0.2, 0) is 20.6 Å². The highest BCUT2D eigenvalue weighted by molar-refractivity contribution is 9.10. The molecular formula is C26H20BrCl2F3N4O5. The van der Waals surface area contributed by atoms with Crippen molar-refractivity contribution in [3.8, 4) is 11.5 Å². The number of benzene rings is 3. The van der Waals surface area contributed by atoms with Crippen molar-refractivity contribution in [2.45, 2.75) is 13.1 Å². The average Bonchev–Trinajstić information content (AvgIpc) is 2.91. The summed E-state index contributed by atoms with van der Waals surface area (Å²) in [5, 5.41) is 8.50. The number of carbonyl (C=O) groups is 3. The Morgan fingerprint density at radius 1 is 0.951 bits per heavy atom. The standard InChI is InChI=1S/C26H20BrCl2F3N4O5/c1-2-40-21-10-14(12-33-36-25(39)24(38)35-19-5-3-4-17(28)23(19)29)6-9-20(21)41-13-22(37)34-18-8-7-15(27)11-16(18)26(30,31)32/h3-12H,2,13H2,1H3,(H,34,37)(H,35,38)(H,36,39)/b33-12-. The van der Waals surface area contributed by atoms with E-state index in [1.165, 1.54) is 42.6 Å². The van der Waals surface area contributed by atoms with Crippen molar-refractivity contribution in [2.24, 2.45) is 5.10 Å². The molecule has 0 saturated heterocycles. The third-order valence-electron chi connectivity index (χ3n) is 4.97. The lowest BCUT2D eigenvalue weighted by atomic mass is 10.1. The molecule has 3 rings (SSSR count). The van der Waals surface area contributed by atoms with Crippen molar-refractivity contribution in [1.29, 1.82) is 0 Å². The first kappa shape index (κ1) is 31.7. The van der Waals surface area contributed by atoms with E-state index in [1.807, 2.05) is 0 Å². The molecule has 0 unspecified atom stereocenters. The van der Waals surface area contributed by atoms with Crippen molar-refractivity contribution in [2.75, 3.05) is 23.8 Å². The summed E-state index contributed by atoms with van der Waals surface area (Å²) in [6.07, 6.45) is -3.46. The average molecular weight is 676 g/mol. The van der Waals surface area contributed by atoms with E-state index in [9.17, 15) is 27.6 Å². The van der Waals surface area contributed by atoms with Gasteiger partial charge in [0.1, 0.15) is 0 Å². The minimum Gasteiger partial charge on any atom is -0.490 e. The van der Waals surface area contributed by atoms with Crippen LogP contribution in [0, 0.1) is 0 Å². The van der Waals surface area contributed by atoms with Crippen LogP contribution in [0.2, 0.25) is 10.0 Å². The molecule has 3 aromatic rings. The summed E-state index contributed by atoms with van der Waals surface area (Å²) in [4.78, 5) is 36.5. The normalized spacial score (nSPS) is 11.2. The molecular weight excluding hydrogens is 656 g/mol.